The van der Waals surface area contributed by atoms with Crippen LogP contribution in [0.3, 0.4) is 0 Å². The molecular formula is C5H9BN2O. The van der Waals surface area contributed by atoms with Crippen molar-refractivity contribution in [1.29, 1.82) is 5.41 Å². The highest BCUT2D eigenvalue weighted by molar-refractivity contribution is 6.55. The van der Waals surface area contributed by atoms with Crippen LogP contribution in [-0.4, -0.2) is 32.8 Å². The second kappa shape index (κ2) is 2.87. The molecule has 4 heteroatoms. The molecule has 2 N–H and O–H groups in total. The summed E-state index contributed by atoms with van der Waals surface area (Å²) in [7, 11) is 5.01. The molecule has 1 fully saturated rings. The molecule has 0 aliphatic carbocycles. The summed E-state index contributed by atoms with van der Waals surface area (Å²) in [4.78, 5) is 0. The van der Waals surface area contributed by atoms with E-state index in [4.69, 9.17) is 18.0 Å². The minimum Gasteiger partial charge on any atom is -0.487 e. The molecule has 0 amide bonds. The molecule has 9 heavy (non-hydrogen) atoms. The van der Waals surface area contributed by atoms with Crippen molar-refractivity contribution < 1.29 is 4.74 Å². The van der Waals surface area contributed by atoms with Crippen LogP contribution in [0.4, 0.5) is 0 Å². The summed E-state index contributed by atoms with van der Waals surface area (Å²) in [5, 5.41) is 9.89. The van der Waals surface area contributed by atoms with E-state index in [-0.39, 0.29) is 11.9 Å². The van der Waals surface area contributed by atoms with Crippen molar-refractivity contribution in [3.8, 4) is 0 Å². The number of hydrogen-bond donors (Lipinski definition) is 2. The van der Waals surface area contributed by atoms with Crippen LogP contribution in [-0.2, 0) is 4.74 Å². The van der Waals surface area contributed by atoms with Crippen molar-refractivity contribution >= 4 is 13.6 Å². The Morgan fingerprint density at radius 2 is 2.56 bits per heavy atom. The molecule has 0 aromatic carbocycles. The van der Waals surface area contributed by atoms with Crippen LogP contribution < -0.4 is 5.32 Å². The highest BCUT2D eigenvalue weighted by Crippen LogP contribution is 2.01. The van der Waals surface area contributed by atoms with Crippen LogP contribution >= 0.6 is 0 Å². The lowest BCUT2D eigenvalue weighted by Crippen LogP contribution is -2.20. The van der Waals surface area contributed by atoms with Crippen LogP contribution in [0.2, 0.25) is 0 Å². The summed E-state index contributed by atoms with van der Waals surface area (Å²) in [5.74, 6) is -0.177. The Balaban J connectivity index is 2.19. The minimum atomic E-state index is -0.177. The average Bonchev–Trinajstić information content (AvgIpc) is 2.15. The molecular weight excluding hydrogens is 115 g/mol. The largest absolute Gasteiger partial charge is 0.487 e. The molecule has 0 saturated carbocycles. The predicted octanol–water partition coefficient (Wildman–Crippen LogP) is -0.532. The van der Waals surface area contributed by atoms with Crippen molar-refractivity contribution in [2.24, 2.45) is 0 Å². The second-order valence-electron chi connectivity index (χ2n) is 2.10. The Morgan fingerprint density at radius 1 is 1.78 bits per heavy atom. The smallest absolute Gasteiger partial charge is 0.195 e. The first-order valence-corrected chi connectivity index (χ1v) is 3.00. The lowest BCUT2D eigenvalue weighted by Gasteiger charge is -2.09. The zero-order valence-electron chi connectivity index (χ0n) is 5.18. The van der Waals surface area contributed by atoms with Crippen molar-refractivity contribution in [2.45, 2.75) is 12.5 Å². The van der Waals surface area contributed by atoms with E-state index >= 15 is 0 Å². The van der Waals surface area contributed by atoms with Gasteiger partial charge in [-0.1, -0.05) is 0 Å². The van der Waals surface area contributed by atoms with Gasteiger partial charge < -0.3 is 10.1 Å². The highest BCUT2D eigenvalue weighted by atomic mass is 16.5. The first-order valence-electron chi connectivity index (χ1n) is 3.00. The normalized spacial score (nSPS) is 26.0. The molecule has 1 aliphatic heterocycles. The van der Waals surface area contributed by atoms with E-state index in [1.807, 2.05) is 0 Å². The van der Waals surface area contributed by atoms with Crippen molar-refractivity contribution in [3.63, 3.8) is 0 Å². The van der Waals surface area contributed by atoms with Gasteiger partial charge >= 0.3 is 0 Å². The lowest BCUT2D eigenvalue weighted by molar-refractivity contribution is 0.214. The molecule has 0 aromatic heterocycles. The lowest BCUT2D eigenvalue weighted by atomic mass is 10.1. The van der Waals surface area contributed by atoms with E-state index < -0.39 is 0 Å². The minimum absolute atomic E-state index is 0.127. The topological polar surface area (TPSA) is 45.1 Å². The summed E-state index contributed by atoms with van der Waals surface area (Å²) in [5.41, 5.74) is 0. The van der Waals surface area contributed by atoms with Crippen molar-refractivity contribution in [1.82, 2.24) is 5.32 Å². The fraction of sp³-hybridized carbons (Fsp3) is 0.800. The molecule has 48 valence electrons. The van der Waals surface area contributed by atoms with Gasteiger partial charge in [-0.3, -0.25) is 5.41 Å². The Kier molecular flexibility index (Phi) is 2.11. The SMILES string of the molecule is [B]C(=N)O[C@H]1CCNC1. The zero-order valence-corrected chi connectivity index (χ0v) is 5.18. The highest BCUT2D eigenvalue weighted by Gasteiger charge is 2.14. The van der Waals surface area contributed by atoms with Gasteiger partial charge in [-0.25, -0.2) is 0 Å². The third kappa shape index (κ3) is 2.05. The molecule has 1 saturated heterocycles. The number of nitrogens with one attached hydrogen (secondary N) is 2. The maximum Gasteiger partial charge on any atom is 0.195 e. The van der Waals surface area contributed by atoms with Gasteiger partial charge in [-0.2, -0.15) is 0 Å². The van der Waals surface area contributed by atoms with Crippen molar-refractivity contribution in [3.05, 3.63) is 0 Å². The summed E-state index contributed by atoms with van der Waals surface area (Å²) < 4.78 is 4.91. The number of rotatable bonds is 1. The quantitative estimate of drug-likeness (QED) is 0.280. The Morgan fingerprint density at radius 3 is 3.00 bits per heavy atom. The summed E-state index contributed by atoms with van der Waals surface area (Å²) in [6.45, 7) is 1.79. The molecule has 0 unspecified atom stereocenters. The first kappa shape index (κ1) is 6.61. The molecule has 1 atom stereocenters. The van der Waals surface area contributed by atoms with E-state index in [0.29, 0.717) is 0 Å². The van der Waals surface area contributed by atoms with Gasteiger partial charge in [0.25, 0.3) is 0 Å². The van der Waals surface area contributed by atoms with E-state index in [1.165, 1.54) is 0 Å². The molecule has 0 aromatic rings. The summed E-state index contributed by atoms with van der Waals surface area (Å²) in [6, 6.07) is 0. The van der Waals surface area contributed by atoms with Gasteiger partial charge in [0.05, 0.1) is 0 Å². The third-order valence-electron chi connectivity index (χ3n) is 1.31. The van der Waals surface area contributed by atoms with Crippen LogP contribution in [0.15, 0.2) is 0 Å². The molecule has 2 radical (unpaired) electrons. The Bertz CT molecular complexity index is 112. The standard InChI is InChI=1S/C5H9BN2O/c6-5(7)9-4-1-2-8-3-4/h4,7-8H,1-3H2/t4-/m0/s1. The molecule has 1 aliphatic rings. The third-order valence-corrected chi connectivity index (χ3v) is 1.31. The maximum absolute atomic E-state index is 6.79. The fourth-order valence-electron chi connectivity index (χ4n) is 0.908. The predicted molar refractivity (Wildman–Crippen MR) is 35.8 cm³/mol. The Hall–Kier alpha value is -0.505. The monoisotopic (exact) mass is 124 g/mol. The molecule has 0 bridgehead atoms. The molecule has 0 spiro atoms. The Labute approximate surface area is 55.7 Å². The van der Waals surface area contributed by atoms with Crippen LogP contribution in [0.1, 0.15) is 6.42 Å². The second-order valence-corrected chi connectivity index (χ2v) is 2.10. The zero-order chi connectivity index (χ0) is 6.69. The maximum atomic E-state index is 6.79. The van der Waals surface area contributed by atoms with Gasteiger partial charge in [0.1, 0.15) is 11.9 Å². The van der Waals surface area contributed by atoms with Gasteiger partial charge in [-0.15, -0.1) is 0 Å². The van der Waals surface area contributed by atoms with Crippen molar-refractivity contribution in [2.75, 3.05) is 13.1 Å². The number of ether oxygens (including phenoxy) is 1. The van der Waals surface area contributed by atoms with Gasteiger partial charge in [0.2, 0.25) is 0 Å². The van der Waals surface area contributed by atoms with E-state index in [9.17, 15) is 0 Å². The van der Waals surface area contributed by atoms with Gasteiger partial charge in [-0.05, 0) is 13.0 Å². The van der Waals surface area contributed by atoms with Crippen LogP contribution in [0.5, 0.6) is 0 Å². The molecule has 3 nitrogen and oxygen atoms in total. The van der Waals surface area contributed by atoms with E-state index in [1.54, 1.807) is 0 Å². The number of hydrogen-bond acceptors (Lipinski definition) is 3. The fourth-order valence-corrected chi connectivity index (χ4v) is 0.908. The van der Waals surface area contributed by atoms with Gasteiger partial charge in [0, 0.05) is 6.54 Å². The van der Waals surface area contributed by atoms with Crippen LogP contribution in [0, 0.1) is 5.41 Å². The van der Waals surface area contributed by atoms with E-state index in [2.05, 4.69) is 5.32 Å². The molecule has 1 rings (SSSR count). The summed E-state index contributed by atoms with van der Waals surface area (Å²) >= 11 is 0. The summed E-state index contributed by atoms with van der Waals surface area (Å²) in [6.07, 6.45) is 1.09. The van der Waals surface area contributed by atoms with E-state index in [0.717, 1.165) is 19.5 Å². The van der Waals surface area contributed by atoms with Crippen LogP contribution in [0.25, 0.3) is 0 Å². The first-order chi connectivity index (χ1) is 4.29. The average molecular weight is 124 g/mol. The molecule has 1 heterocycles. The van der Waals surface area contributed by atoms with Gasteiger partial charge in [0.15, 0.2) is 7.85 Å².